The summed E-state index contributed by atoms with van der Waals surface area (Å²) in [5, 5.41) is 11.3. The van der Waals surface area contributed by atoms with Crippen molar-refractivity contribution in [3.05, 3.63) is 11.1 Å². The van der Waals surface area contributed by atoms with Crippen molar-refractivity contribution in [2.45, 2.75) is 38.7 Å². The summed E-state index contributed by atoms with van der Waals surface area (Å²) in [6.45, 7) is 7.79. The van der Waals surface area contributed by atoms with Crippen LogP contribution in [0.1, 0.15) is 33.4 Å². The van der Waals surface area contributed by atoms with Gasteiger partial charge in [-0.15, -0.1) is 23.1 Å². The molecule has 0 aliphatic rings. The first-order chi connectivity index (χ1) is 9.36. The third-order valence-corrected chi connectivity index (χ3v) is 5.21. The van der Waals surface area contributed by atoms with E-state index in [1.807, 2.05) is 26.2 Å². The maximum atomic E-state index is 11.4. The summed E-state index contributed by atoms with van der Waals surface area (Å²) in [6, 6.07) is 0. The van der Waals surface area contributed by atoms with Crippen molar-refractivity contribution in [3.8, 4) is 0 Å². The first-order valence-corrected chi connectivity index (χ1v) is 8.36. The number of thiazole rings is 1. The fourth-order valence-electron chi connectivity index (χ4n) is 1.70. The minimum atomic E-state index is -0.792. The fourth-order valence-corrected chi connectivity index (χ4v) is 3.77. The first-order valence-electron chi connectivity index (χ1n) is 6.43. The van der Waals surface area contributed by atoms with Crippen molar-refractivity contribution in [2.24, 2.45) is 5.92 Å². The summed E-state index contributed by atoms with van der Waals surface area (Å²) in [5.41, 5.74) is 0.821. The van der Waals surface area contributed by atoms with Crippen LogP contribution in [0.25, 0.3) is 0 Å². The summed E-state index contributed by atoms with van der Waals surface area (Å²) >= 11 is 2.79. The number of hydrogen-bond acceptors (Lipinski definition) is 5. The Hall–Kier alpha value is -1.08. The van der Waals surface area contributed by atoms with Gasteiger partial charge in [0.15, 0.2) is 5.13 Å². The predicted molar refractivity (Wildman–Crippen MR) is 83.4 cm³/mol. The van der Waals surface area contributed by atoms with Crippen LogP contribution in [-0.4, -0.2) is 33.8 Å². The number of anilines is 1. The number of hydrogen-bond donors (Lipinski definition) is 1. The summed E-state index contributed by atoms with van der Waals surface area (Å²) < 4.78 is 0. The molecule has 1 aromatic heterocycles. The van der Waals surface area contributed by atoms with Gasteiger partial charge in [0.05, 0.1) is 5.69 Å². The second-order valence-corrected chi connectivity index (χ2v) is 6.66. The Labute approximate surface area is 127 Å². The number of thioether (sulfide) groups is 1. The number of nitrogens with zero attached hydrogens (tertiary/aromatic N) is 2. The molecule has 1 rings (SSSR count). The summed E-state index contributed by atoms with van der Waals surface area (Å²) in [6.07, 6.45) is 0. The van der Waals surface area contributed by atoms with Gasteiger partial charge in [-0.05, 0) is 12.8 Å². The average Bonchev–Trinajstić information content (AvgIpc) is 2.77. The second kappa shape index (κ2) is 7.64. The van der Waals surface area contributed by atoms with E-state index in [0.29, 0.717) is 17.4 Å². The standard InChI is InChI=1S/C13H20N2O3S2/c1-5-15(9(4)16)13-14-10(7-20-13)6-19-11(8(2)3)12(17)18/h7-8,11H,5-6H2,1-4H3,(H,17,18). The molecule has 0 aliphatic carbocycles. The smallest absolute Gasteiger partial charge is 0.316 e. The van der Waals surface area contributed by atoms with Gasteiger partial charge in [-0.2, -0.15) is 0 Å². The van der Waals surface area contributed by atoms with Gasteiger partial charge in [-0.3, -0.25) is 14.5 Å². The minimum Gasteiger partial charge on any atom is -0.480 e. The van der Waals surface area contributed by atoms with Gasteiger partial charge in [0.2, 0.25) is 5.91 Å². The number of carbonyl (C=O) groups is 2. The minimum absolute atomic E-state index is 0.0355. The number of aliphatic carboxylic acids is 1. The molecule has 20 heavy (non-hydrogen) atoms. The molecule has 1 heterocycles. The van der Waals surface area contributed by atoms with E-state index >= 15 is 0 Å². The number of carbonyl (C=O) groups excluding carboxylic acids is 1. The van der Waals surface area contributed by atoms with Crippen LogP contribution in [-0.2, 0) is 15.3 Å². The lowest BCUT2D eigenvalue weighted by molar-refractivity contribution is -0.137. The van der Waals surface area contributed by atoms with Crippen LogP contribution >= 0.6 is 23.1 Å². The molecular formula is C13H20N2O3S2. The van der Waals surface area contributed by atoms with Crippen LogP contribution in [0.15, 0.2) is 5.38 Å². The Kier molecular flexibility index (Phi) is 6.48. The van der Waals surface area contributed by atoms with Crippen molar-refractivity contribution in [3.63, 3.8) is 0 Å². The molecule has 1 unspecified atom stereocenters. The van der Waals surface area contributed by atoms with Crippen molar-refractivity contribution in [2.75, 3.05) is 11.4 Å². The van der Waals surface area contributed by atoms with Crippen molar-refractivity contribution in [1.29, 1.82) is 0 Å². The highest BCUT2D eigenvalue weighted by molar-refractivity contribution is 7.99. The van der Waals surface area contributed by atoms with Crippen LogP contribution in [0.2, 0.25) is 0 Å². The molecular weight excluding hydrogens is 296 g/mol. The zero-order valence-electron chi connectivity index (χ0n) is 12.1. The Bertz CT molecular complexity index is 474. The number of aromatic nitrogens is 1. The molecule has 0 saturated carbocycles. The first kappa shape index (κ1) is 17.0. The summed E-state index contributed by atoms with van der Waals surface area (Å²) in [7, 11) is 0. The van der Waals surface area contributed by atoms with E-state index in [4.69, 9.17) is 5.11 Å². The lowest BCUT2D eigenvalue weighted by Gasteiger charge is -2.15. The Morgan fingerprint density at radius 3 is 2.60 bits per heavy atom. The molecule has 0 aliphatic heterocycles. The van der Waals surface area contributed by atoms with Crippen molar-refractivity contribution < 1.29 is 14.7 Å². The highest BCUT2D eigenvalue weighted by atomic mass is 32.2. The van der Waals surface area contributed by atoms with Gasteiger partial charge < -0.3 is 5.11 Å². The third kappa shape index (κ3) is 4.49. The van der Waals surface area contributed by atoms with Crippen LogP contribution in [0.3, 0.4) is 0 Å². The molecule has 1 aromatic rings. The lowest BCUT2D eigenvalue weighted by Crippen LogP contribution is -2.27. The molecule has 1 atom stereocenters. The molecule has 1 N–H and O–H groups in total. The van der Waals surface area contributed by atoms with Gasteiger partial charge in [0.1, 0.15) is 5.25 Å². The Morgan fingerprint density at radius 2 is 2.15 bits per heavy atom. The van der Waals surface area contributed by atoms with Gasteiger partial charge in [-0.1, -0.05) is 13.8 Å². The van der Waals surface area contributed by atoms with Crippen LogP contribution in [0.5, 0.6) is 0 Å². The molecule has 5 nitrogen and oxygen atoms in total. The van der Waals surface area contributed by atoms with Crippen LogP contribution in [0, 0.1) is 5.92 Å². The van der Waals surface area contributed by atoms with Crippen molar-refractivity contribution >= 4 is 40.1 Å². The molecule has 0 bridgehead atoms. The quantitative estimate of drug-likeness (QED) is 0.837. The fraction of sp³-hybridized carbons (Fsp3) is 0.615. The van der Waals surface area contributed by atoms with Crippen LogP contribution < -0.4 is 4.90 Å². The maximum Gasteiger partial charge on any atom is 0.316 e. The second-order valence-electron chi connectivity index (χ2n) is 4.70. The zero-order chi connectivity index (χ0) is 15.3. The SMILES string of the molecule is CCN(C(C)=O)c1nc(CSC(C(=O)O)C(C)C)cs1. The molecule has 0 aromatic carbocycles. The predicted octanol–water partition coefficient (Wildman–Crippen LogP) is 2.86. The van der Waals surface area contributed by atoms with Gasteiger partial charge in [-0.25, -0.2) is 4.98 Å². The molecule has 0 radical (unpaired) electrons. The largest absolute Gasteiger partial charge is 0.480 e. The topological polar surface area (TPSA) is 70.5 Å². The van der Waals surface area contributed by atoms with Crippen molar-refractivity contribution in [1.82, 2.24) is 4.98 Å². The number of rotatable bonds is 7. The average molecular weight is 316 g/mol. The molecule has 112 valence electrons. The van der Waals surface area contributed by atoms with Crippen LogP contribution in [0.4, 0.5) is 5.13 Å². The molecule has 7 heteroatoms. The molecule has 0 fully saturated rings. The Morgan fingerprint density at radius 1 is 1.50 bits per heavy atom. The lowest BCUT2D eigenvalue weighted by atomic mass is 10.1. The van der Waals surface area contributed by atoms with Gasteiger partial charge in [0.25, 0.3) is 0 Å². The molecule has 0 saturated heterocycles. The van der Waals surface area contributed by atoms with E-state index in [0.717, 1.165) is 5.69 Å². The van der Waals surface area contributed by atoms with E-state index in [-0.39, 0.29) is 11.8 Å². The molecule has 0 spiro atoms. The number of carboxylic acid groups (broad SMARTS) is 1. The Balaban J connectivity index is 2.69. The number of carboxylic acids is 1. The summed E-state index contributed by atoms with van der Waals surface area (Å²) in [5.74, 6) is -0.216. The summed E-state index contributed by atoms with van der Waals surface area (Å²) in [4.78, 5) is 28.6. The van der Waals surface area contributed by atoms with E-state index in [1.165, 1.54) is 30.0 Å². The monoisotopic (exact) mass is 316 g/mol. The normalized spacial score (nSPS) is 12.4. The zero-order valence-corrected chi connectivity index (χ0v) is 13.8. The highest BCUT2D eigenvalue weighted by Gasteiger charge is 2.22. The van der Waals surface area contributed by atoms with E-state index in [1.54, 1.807) is 4.90 Å². The molecule has 1 amide bonds. The van der Waals surface area contributed by atoms with E-state index < -0.39 is 11.2 Å². The van der Waals surface area contributed by atoms with Gasteiger partial charge >= 0.3 is 5.97 Å². The van der Waals surface area contributed by atoms with E-state index in [2.05, 4.69) is 4.98 Å². The van der Waals surface area contributed by atoms with Gasteiger partial charge in [0, 0.05) is 24.6 Å². The highest BCUT2D eigenvalue weighted by Crippen LogP contribution is 2.27. The third-order valence-electron chi connectivity index (χ3n) is 2.73. The number of amides is 1. The van der Waals surface area contributed by atoms with E-state index in [9.17, 15) is 9.59 Å². The maximum absolute atomic E-state index is 11.4.